The van der Waals surface area contributed by atoms with Crippen molar-refractivity contribution in [2.24, 2.45) is 0 Å². The first-order chi connectivity index (χ1) is 9.18. The van der Waals surface area contributed by atoms with Crippen molar-refractivity contribution >= 4 is 46.5 Å². The highest BCUT2D eigenvalue weighted by molar-refractivity contribution is 6.75. The topological polar surface area (TPSA) is 63.3 Å². The van der Waals surface area contributed by atoms with Gasteiger partial charge in [0, 0.05) is 5.69 Å². The minimum absolute atomic E-state index is 0.955. The minimum Gasteiger partial charge on any atom is -0.478 e. The number of aliphatic carboxylic acids is 1. The number of halogens is 3. The molecule has 0 unspecified atom stereocenters. The summed E-state index contributed by atoms with van der Waals surface area (Å²) in [5, 5.41) is 7.85. The third-order valence-electron chi connectivity index (χ3n) is 2.89. The highest BCUT2D eigenvalue weighted by atomic mass is 35.6. The third kappa shape index (κ3) is 5.78. The summed E-state index contributed by atoms with van der Waals surface area (Å²) >= 11 is 14.4. The average molecular weight is 341 g/mol. The molecule has 1 rings (SSSR count). The fourth-order valence-electron chi connectivity index (χ4n) is 1.95. The largest absolute Gasteiger partial charge is 0.478 e. The van der Waals surface area contributed by atoms with Gasteiger partial charge in [-0.3, -0.25) is 0 Å². The predicted octanol–water partition coefficient (Wildman–Crippen LogP) is 4.40. The van der Waals surface area contributed by atoms with Crippen LogP contribution in [0.2, 0.25) is 0 Å². The Labute approximate surface area is 135 Å². The summed E-state index contributed by atoms with van der Waals surface area (Å²) in [4.78, 5) is 9.62. The Bertz CT molecular complexity index is 456. The fourth-order valence-corrected chi connectivity index (χ4v) is 1.95. The lowest BCUT2D eigenvalue weighted by Gasteiger charge is -2.13. The molecule has 0 radical (unpaired) electrons. The lowest BCUT2D eigenvalue weighted by Crippen LogP contribution is -2.16. The van der Waals surface area contributed by atoms with Crippen LogP contribution in [0.3, 0.4) is 0 Å². The predicted molar refractivity (Wildman–Crippen MR) is 86.9 cm³/mol. The van der Waals surface area contributed by atoms with Gasteiger partial charge in [0.2, 0.25) is 0 Å². The van der Waals surface area contributed by atoms with E-state index in [9.17, 15) is 4.79 Å². The Hall–Kier alpha value is -0.640. The summed E-state index contributed by atoms with van der Waals surface area (Å²) < 4.78 is -2.17. The summed E-state index contributed by atoms with van der Waals surface area (Å²) in [6.45, 7) is 6.57. The van der Waals surface area contributed by atoms with Gasteiger partial charge in [0.05, 0.1) is 0 Å². The molecule has 0 aromatic heterocycles. The van der Waals surface area contributed by atoms with Gasteiger partial charge >= 0.3 is 5.97 Å². The molecule has 0 heterocycles. The van der Waals surface area contributed by atoms with Crippen LogP contribution in [0.1, 0.15) is 37.5 Å². The number of benzene rings is 1. The van der Waals surface area contributed by atoms with Crippen LogP contribution < -0.4 is 5.73 Å². The average Bonchev–Trinajstić information content (AvgIpc) is 2.37. The van der Waals surface area contributed by atoms with Crippen LogP contribution in [0.5, 0.6) is 0 Å². The molecule has 0 saturated heterocycles. The molecule has 6 heteroatoms. The molecule has 0 atom stereocenters. The van der Waals surface area contributed by atoms with Crippen LogP contribution in [0.25, 0.3) is 0 Å². The number of hydrogen-bond acceptors (Lipinski definition) is 2. The number of carboxylic acids is 1. The number of anilines is 1. The molecule has 20 heavy (non-hydrogen) atoms. The van der Waals surface area contributed by atoms with E-state index in [1.807, 2.05) is 6.07 Å². The number of carbonyl (C=O) groups is 1. The maximum absolute atomic E-state index is 9.62. The Morgan fingerprint density at radius 3 is 1.85 bits per heavy atom. The zero-order valence-corrected chi connectivity index (χ0v) is 14.1. The molecule has 3 nitrogen and oxygen atoms in total. The molecule has 0 fully saturated rings. The summed E-state index contributed by atoms with van der Waals surface area (Å²) in [5.74, 6) is -1.46. The van der Waals surface area contributed by atoms with E-state index in [0.29, 0.717) is 0 Å². The van der Waals surface area contributed by atoms with Gasteiger partial charge < -0.3 is 10.8 Å². The number of hydrogen-bond donors (Lipinski definition) is 2. The monoisotopic (exact) mass is 339 g/mol. The summed E-state index contributed by atoms with van der Waals surface area (Å²) in [6, 6.07) is 4.20. The van der Waals surface area contributed by atoms with Gasteiger partial charge in [-0.25, -0.2) is 4.79 Å². The SMILES string of the molecule is CCc1ccc(N)c(CC)c1CC.O=C(O)C(Cl)(Cl)Cl. The minimum atomic E-state index is -2.17. The third-order valence-corrected chi connectivity index (χ3v) is 3.38. The van der Waals surface area contributed by atoms with E-state index in [4.69, 9.17) is 45.6 Å². The first kappa shape index (κ1) is 19.4. The van der Waals surface area contributed by atoms with E-state index in [1.165, 1.54) is 16.7 Å². The smallest absolute Gasteiger partial charge is 0.356 e. The second-order valence-corrected chi connectivity index (χ2v) is 6.42. The number of rotatable bonds is 3. The van der Waals surface area contributed by atoms with Crippen LogP contribution in [-0.4, -0.2) is 14.9 Å². The van der Waals surface area contributed by atoms with Gasteiger partial charge in [-0.05, 0) is 42.0 Å². The zero-order valence-electron chi connectivity index (χ0n) is 11.8. The van der Waals surface area contributed by atoms with Gasteiger partial charge in [-0.1, -0.05) is 61.6 Å². The Morgan fingerprint density at radius 2 is 1.55 bits per heavy atom. The molecular weight excluding hydrogens is 321 g/mol. The molecule has 0 aliphatic carbocycles. The maximum Gasteiger partial charge on any atom is 0.356 e. The zero-order chi connectivity index (χ0) is 15.9. The highest BCUT2D eigenvalue weighted by Crippen LogP contribution is 2.25. The van der Waals surface area contributed by atoms with Gasteiger partial charge in [0.25, 0.3) is 3.79 Å². The number of nitrogen functional groups attached to an aromatic ring is 1. The van der Waals surface area contributed by atoms with Gasteiger partial charge in [0.1, 0.15) is 0 Å². The van der Waals surface area contributed by atoms with E-state index >= 15 is 0 Å². The van der Waals surface area contributed by atoms with E-state index in [0.717, 1.165) is 24.9 Å². The van der Waals surface area contributed by atoms with Gasteiger partial charge in [0.15, 0.2) is 0 Å². The van der Waals surface area contributed by atoms with Crippen molar-refractivity contribution in [2.75, 3.05) is 5.73 Å². The number of nitrogens with two attached hydrogens (primary N) is 1. The van der Waals surface area contributed by atoms with Crippen molar-refractivity contribution in [2.45, 2.75) is 43.8 Å². The number of carboxylic acid groups (broad SMARTS) is 1. The summed E-state index contributed by atoms with van der Waals surface area (Å²) in [6.07, 6.45) is 3.25. The van der Waals surface area contributed by atoms with Crippen molar-refractivity contribution < 1.29 is 9.90 Å². The van der Waals surface area contributed by atoms with E-state index in [1.54, 1.807) is 0 Å². The number of aryl methyl sites for hydroxylation is 1. The second kappa shape index (κ2) is 8.60. The lowest BCUT2D eigenvalue weighted by atomic mass is 9.94. The van der Waals surface area contributed by atoms with Gasteiger partial charge in [-0.15, -0.1) is 0 Å². The van der Waals surface area contributed by atoms with Crippen LogP contribution in [0, 0.1) is 0 Å². The van der Waals surface area contributed by atoms with E-state index in [-0.39, 0.29) is 0 Å². The molecule has 114 valence electrons. The van der Waals surface area contributed by atoms with E-state index < -0.39 is 9.76 Å². The molecule has 0 bridgehead atoms. The molecule has 1 aromatic carbocycles. The van der Waals surface area contributed by atoms with E-state index in [2.05, 4.69) is 26.8 Å². The molecule has 0 spiro atoms. The quantitative estimate of drug-likeness (QED) is 0.633. The maximum atomic E-state index is 9.62. The first-order valence-electron chi connectivity index (χ1n) is 6.38. The van der Waals surface area contributed by atoms with Crippen molar-refractivity contribution in [3.63, 3.8) is 0 Å². The Balaban J connectivity index is 0.000000441. The normalized spacial score (nSPS) is 10.7. The van der Waals surface area contributed by atoms with Crippen LogP contribution >= 0.6 is 34.8 Å². The van der Waals surface area contributed by atoms with Crippen molar-refractivity contribution in [1.82, 2.24) is 0 Å². The number of alkyl halides is 3. The van der Waals surface area contributed by atoms with Crippen LogP contribution in [0.15, 0.2) is 12.1 Å². The fraction of sp³-hybridized carbons (Fsp3) is 0.500. The summed E-state index contributed by atoms with van der Waals surface area (Å²) in [7, 11) is 0. The second-order valence-electron chi connectivity index (χ2n) is 4.13. The Kier molecular flexibility index (Phi) is 8.33. The highest BCUT2D eigenvalue weighted by Gasteiger charge is 2.29. The lowest BCUT2D eigenvalue weighted by molar-refractivity contribution is -0.135. The van der Waals surface area contributed by atoms with Crippen LogP contribution in [-0.2, 0) is 24.1 Å². The standard InChI is InChI=1S/C12H19N.C2HCl3O2/c1-4-9-7-8-12(13)11(6-3)10(9)5-2;3-2(4,5)1(6)7/h7-8H,4-6,13H2,1-3H3;(H,6,7). The Morgan fingerprint density at radius 1 is 1.10 bits per heavy atom. The van der Waals surface area contributed by atoms with Crippen molar-refractivity contribution in [3.05, 3.63) is 28.8 Å². The molecule has 0 aliphatic heterocycles. The molecule has 0 amide bonds. The molecule has 1 aromatic rings. The first-order valence-corrected chi connectivity index (χ1v) is 7.51. The molecule has 3 N–H and O–H groups in total. The molecular formula is C14H20Cl3NO2. The molecule has 0 saturated carbocycles. The van der Waals surface area contributed by atoms with Gasteiger partial charge in [-0.2, -0.15) is 0 Å². The van der Waals surface area contributed by atoms with Crippen molar-refractivity contribution in [1.29, 1.82) is 0 Å². The molecule has 0 aliphatic rings. The van der Waals surface area contributed by atoms with Crippen molar-refractivity contribution in [3.8, 4) is 0 Å². The van der Waals surface area contributed by atoms with Crippen LogP contribution in [0.4, 0.5) is 5.69 Å². The summed E-state index contributed by atoms with van der Waals surface area (Å²) in [5.41, 5.74) is 11.2.